The third-order valence-corrected chi connectivity index (χ3v) is 6.32. The van der Waals surface area contributed by atoms with Crippen molar-refractivity contribution < 1.29 is 21.0 Å². The third kappa shape index (κ3) is 3.51. The van der Waals surface area contributed by atoms with E-state index in [0.29, 0.717) is 19.5 Å². The van der Waals surface area contributed by atoms with Gasteiger partial charge in [0.1, 0.15) is 0 Å². The van der Waals surface area contributed by atoms with Crippen LogP contribution in [0.15, 0.2) is 29.2 Å². The van der Waals surface area contributed by atoms with Crippen LogP contribution in [0.4, 0.5) is 0 Å². The minimum absolute atomic E-state index is 0. The second kappa shape index (κ2) is 5.92. The molecule has 3 aliphatic rings. The van der Waals surface area contributed by atoms with Crippen molar-refractivity contribution in [2.75, 3.05) is 18.6 Å². The maximum absolute atomic E-state index is 12.4. The van der Waals surface area contributed by atoms with Crippen molar-refractivity contribution in [2.24, 2.45) is 0 Å². The molecule has 4 rings (SSSR count). The molecule has 1 aromatic carbocycles. The van der Waals surface area contributed by atoms with E-state index in [2.05, 4.69) is 0 Å². The molecule has 2 bridgehead atoms. The summed E-state index contributed by atoms with van der Waals surface area (Å²) in [5.41, 5.74) is 1.01. The second-order valence-electron chi connectivity index (χ2n) is 5.59. The van der Waals surface area contributed by atoms with Gasteiger partial charge in [-0.3, -0.25) is 9.08 Å². The molecular weight excluding hydrogens is 326 g/mol. The summed E-state index contributed by atoms with van der Waals surface area (Å²) >= 11 is 0. The minimum atomic E-state index is -3.60. The SMILES string of the molecule is C.CS(=O)(=O)OC1CCN2Cc3ccc(cc3)S(=O)(=O)CC12. The zero-order valence-corrected chi connectivity index (χ0v) is 13.2. The molecule has 2 atom stereocenters. The molecule has 0 aliphatic carbocycles. The number of sulfone groups is 1. The molecule has 124 valence electrons. The fourth-order valence-electron chi connectivity index (χ4n) is 2.99. The molecule has 0 radical (unpaired) electrons. The van der Waals surface area contributed by atoms with Crippen molar-refractivity contribution in [3.05, 3.63) is 29.8 Å². The van der Waals surface area contributed by atoms with Crippen LogP contribution in [-0.4, -0.2) is 52.4 Å². The van der Waals surface area contributed by atoms with Gasteiger partial charge in [-0.2, -0.15) is 8.42 Å². The molecule has 0 aromatic heterocycles. The van der Waals surface area contributed by atoms with Crippen molar-refractivity contribution in [1.29, 1.82) is 0 Å². The van der Waals surface area contributed by atoms with Gasteiger partial charge in [0, 0.05) is 13.1 Å². The Morgan fingerprint density at radius 2 is 1.86 bits per heavy atom. The van der Waals surface area contributed by atoms with Gasteiger partial charge in [0.15, 0.2) is 9.84 Å². The van der Waals surface area contributed by atoms with Gasteiger partial charge >= 0.3 is 0 Å². The Morgan fingerprint density at radius 1 is 1.23 bits per heavy atom. The highest BCUT2D eigenvalue weighted by Crippen LogP contribution is 2.29. The molecule has 1 fully saturated rings. The zero-order chi connectivity index (χ0) is 15.3. The fourth-order valence-corrected chi connectivity index (χ4v) is 5.28. The van der Waals surface area contributed by atoms with Crippen LogP contribution in [0, 0.1) is 0 Å². The van der Waals surface area contributed by atoms with E-state index < -0.39 is 32.1 Å². The summed E-state index contributed by atoms with van der Waals surface area (Å²) in [5, 5.41) is 0. The number of rotatable bonds is 2. The molecule has 1 aromatic rings. The van der Waals surface area contributed by atoms with Crippen LogP contribution in [0.2, 0.25) is 0 Å². The molecule has 3 heterocycles. The Kier molecular flexibility index (Phi) is 4.68. The largest absolute Gasteiger partial charge is 0.292 e. The number of hydrogen-bond acceptors (Lipinski definition) is 6. The number of hydrogen-bond donors (Lipinski definition) is 0. The first kappa shape index (κ1) is 17.4. The van der Waals surface area contributed by atoms with Crippen LogP contribution in [-0.2, 0) is 30.7 Å². The van der Waals surface area contributed by atoms with Crippen LogP contribution in [0.5, 0.6) is 0 Å². The van der Waals surface area contributed by atoms with Gasteiger partial charge in [-0.25, -0.2) is 8.42 Å². The lowest BCUT2D eigenvalue weighted by Gasteiger charge is -2.26. The van der Waals surface area contributed by atoms with Crippen molar-refractivity contribution >= 4 is 20.0 Å². The summed E-state index contributed by atoms with van der Waals surface area (Å²) < 4.78 is 52.7. The van der Waals surface area contributed by atoms with E-state index in [1.165, 1.54) is 0 Å². The first-order valence-corrected chi connectivity index (χ1v) is 10.2. The van der Waals surface area contributed by atoms with Crippen LogP contribution in [0.1, 0.15) is 19.4 Å². The minimum Gasteiger partial charge on any atom is -0.292 e. The number of fused-ring (bicyclic) bond motifs is 3. The second-order valence-corrected chi connectivity index (χ2v) is 9.23. The van der Waals surface area contributed by atoms with Crippen LogP contribution in [0.3, 0.4) is 0 Å². The molecule has 1 saturated heterocycles. The number of nitrogens with zero attached hydrogens (tertiary/aromatic N) is 1. The maximum atomic E-state index is 12.4. The highest BCUT2D eigenvalue weighted by Gasteiger charge is 2.40. The third-order valence-electron chi connectivity index (χ3n) is 3.96. The van der Waals surface area contributed by atoms with Crippen molar-refractivity contribution in [2.45, 2.75) is 37.4 Å². The van der Waals surface area contributed by atoms with E-state index >= 15 is 0 Å². The normalized spacial score (nSPS) is 27.3. The van der Waals surface area contributed by atoms with Crippen LogP contribution < -0.4 is 0 Å². The molecule has 0 amide bonds. The van der Waals surface area contributed by atoms with Gasteiger partial charge in [0.05, 0.1) is 29.0 Å². The predicted octanol–water partition coefficient (Wildman–Crippen LogP) is 1.03. The van der Waals surface area contributed by atoms with Crippen molar-refractivity contribution in [1.82, 2.24) is 4.90 Å². The van der Waals surface area contributed by atoms with E-state index in [9.17, 15) is 16.8 Å². The summed E-state index contributed by atoms with van der Waals surface area (Å²) in [6, 6.07) is 6.40. The topological polar surface area (TPSA) is 80.8 Å². The van der Waals surface area contributed by atoms with Crippen molar-refractivity contribution in [3.8, 4) is 0 Å². The van der Waals surface area contributed by atoms with Crippen LogP contribution in [0.25, 0.3) is 0 Å². The smallest absolute Gasteiger partial charge is 0.264 e. The highest BCUT2D eigenvalue weighted by molar-refractivity contribution is 7.91. The summed E-state index contributed by atoms with van der Waals surface area (Å²) in [7, 11) is -7.05. The zero-order valence-electron chi connectivity index (χ0n) is 11.6. The van der Waals surface area contributed by atoms with Gasteiger partial charge in [0.2, 0.25) is 0 Å². The molecule has 0 saturated carbocycles. The number of benzene rings is 1. The molecule has 3 aliphatic heterocycles. The Morgan fingerprint density at radius 3 is 2.45 bits per heavy atom. The van der Waals surface area contributed by atoms with Gasteiger partial charge in [-0.05, 0) is 24.1 Å². The standard InChI is InChI=1S/C13H17NO5S2.CH4/c1-20(15,16)19-13-6-7-14-8-10-2-4-11(5-3-10)21(17,18)9-12(13)14;/h2-5,12-13H,6-9H2,1H3;1H4. The Balaban J connectivity index is 0.00000176. The van der Waals surface area contributed by atoms with E-state index in [1.807, 2.05) is 4.90 Å². The lowest BCUT2D eigenvalue weighted by atomic mass is 10.2. The average molecular weight is 347 g/mol. The van der Waals surface area contributed by atoms with E-state index in [1.54, 1.807) is 24.3 Å². The molecule has 6 nitrogen and oxygen atoms in total. The van der Waals surface area contributed by atoms with E-state index in [-0.39, 0.29) is 18.1 Å². The summed E-state index contributed by atoms with van der Waals surface area (Å²) in [6.45, 7) is 1.23. The van der Waals surface area contributed by atoms with Crippen LogP contribution >= 0.6 is 0 Å². The highest BCUT2D eigenvalue weighted by atomic mass is 32.2. The molecule has 0 spiro atoms. The molecule has 2 unspecified atom stereocenters. The van der Waals surface area contributed by atoms with Gasteiger partial charge < -0.3 is 0 Å². The summed E-state index contributed by atoms with van der Waals surface area (Å²) in [5.74, 6) is -0.121. The first-order valence-electron chi connectivity index (χ1n) is 6.69. The molecule has 22 heavy (non-hydrogen) atoms. The van der Waals surface area contributed by atoms with Crippen molar-refractivity contribution in [3.63, 3.8) is 0 Å². The lowest BCUT2D eigenvalue weighted by Crippen LogP contribution is -2.41. The first-order chi connectivity index (χ1) is 9.74. The molecular formula is C14H21NO5S2. The van der Waals surface area contributed by atoms with E-state index in [0.717, 1.165) is 11.8 Å². The summed E-state index contributed by atoms with van der Waals surface area (Å²) in [6.07, 6.45) is 0.910. The lowest BCUT2D eigenvalue weighted by molar-refractivity contribution is 0.152. The Hall–Kier alpha value is -0.960. The average Bonchev–Trinajstić information content (AvgIpc) is 2.73. The maximum Gasteiger partial charge on any atom is 0.264 e. The van der Waals surface area contributed by atoms with E-state index in [4.69, 9.17) is 4.18 Å². The Bertz CT molecular complexity index is 740. The summed E-state index contributed by atoms with van der Waals surface area (Å²) in [4.78, 5) is 2.27. The quantitative estimate of drug-likeness (QED) is 0.743. The fraction of sp³-hybridized carbons (Fsp3) is 0.571. The van der Waals surface area contributed by atoms with Gasteiger partial charge in [0.25, 0.3) is 10.1 Å². The van der Waals surface area contributed by atoms with Gasteiger partial charge in [-0.15, -0.1) is 0 Å². The monoisotopic (exact) mass is 347 g/mol. The predicted molar refractivity (Wildman–Crippen MR) is 83.8 cm³/mol. The van der Waals surface area contributed by atoms with Gasteiger partial charge in [-0.1, -0.05) is 19.6 Å². The molecule has 0 N–H and O–H groups in total. The Labute approximate surface area is 132 Å². The molecule has 8 heteroatoms.